The maximum atomic E-state index is 5.77. The van der Waals surface area contributed by atoms with E-state index >= 15 is 0 Å². The summed E-state index contributed by atoms with van der Waals surface area (Å²) in [6, 6.07) is 4.00. The number of hydrogen-bond donors (Lipinski definition) is 1. The molecule has 2 heterocycles. The Bertz CT molecular complexity index is 496. The summed E-state index contributed by atoms with van der Waals surface area (Å²) in [6.07, 6.45) is 0. The third-order valence-corrected chi connectivity index (χ3v) is 2.77. The summed E-state index contributed by atoms with van der Waals surface area (Å²) in [4.78, 5) is 0. The predicted octanol–water partition coefficient (Wildman–Crippen LogP) is 2.02. The van der Waals surface area contributed by atoms with E-state index in [1.54, 1.807) is 0 Å². The van der Waals surface area contributed by atoms with Crippen LogP contribution in [0.4, 0.5) is 0 Å². The van der Waals surface area contributed by atoms with Crippen molar-refractivity contribution in [1.29, 1.82) is 0 Å². The Morgan fingerprint density at radius 3 is 2.69 bits per heavy atom. The fraction of sp³-hybridized carbons (Fsp3) is 0.417. The molecule has 86 valence electrons. The Balaban J connectivity index is 2.42. The Morgan fingerprint density at radius 2 is 2.12 bits per heavy atom. The molecule has 0 spiro atoms. The number of furan rings is 1. The van der Waals surface area contributed by atoms with Crippen molar-refractivity contribution in [2.45, 2.75) is 20.4 Å². The van der Waals surface area contributed by atoms with E-state index in [0.29, 0.717) is 0 Å². The zero-order valence-corrected chi connectivity index (χ0v) is 10.2. The summed E-state index contributed by atoms with van der Waals surface area (Å²) in [5.41, 5.74) is 3.23. The van der Waals surface area contributed by atoms with Crippen LogP contribution in [0.3, 0.4) is 0 Å². The topological polar surface area (TPSA) is 43.0 Å². The van der Waals surface area contributed by atoms with Gasteiger partial charge in [0, 0.05) is 12.7 Å². The van der Waals surface area contributed by atoms with Crippen molar-refractivity contribution in [3.8, 4) is 11.3 Å². The Labute approximate surface area is 95.3 Å². The van der Waals surface area contributed by atoms with Crippen LogP contribution in [0.5, 0.6) is 0 Å². The minimum atomic E-state index is 0.748. The molecule has 4 nitrogen and oxygen atoms in total. The molecule has 1 N–H and O–H groups in total. The summed E-state index contributed by atoms with van der Waals surface area (Å²) in [5.74, 6) is 1.84. The molecule has 2 aromatic heterocycles. The molecule has 0 aromatic carbocycles. The molecule has 0 aliphatic rings. The molecule has 4 heteroatoms. The van der Waals surface area contributed by atoms with E-state index in [-0.39, 0.29) is 0 Å². The van der Waals surface area contributed by atoms with Gasteiger partial charge in [0.2, 0.25) is 0 Å². The lowest BCUT2D eigenvalue weighted by Crippen LogP contribution is -2.03. The Kier molecular flexibility index (Phi) is 2.83. The second kappa shape index (κ2) is 4.14. The maximum Gasteiger partial charge on any atom is 0.138 e. The number of rotatable bonds is 3. The normalized spacial score (nSPS) is 11.0. The van der Waals surface area contributed by atoms with Gasteiger partial charge < -0.3 is 9.73 Å². The van der Waals surface area contributed by atoms with Gasteiger partial charge in [0.25, 0.3) is 0 Å². The van der Waals surface area contributed by atoms with Crippen LogP contribution in [0.1, 0.15) is 17.1 Å². The lowest BCUT2D eigenvalue weighted by molar-refractivity contribution is 0.506. The van der Waals surface area contributed by atoms with Crippen molar-refractivity contribution in [3.63, 3.8) is 0 Å². The SMILES string of the molecule is CNCc1ccc(-c2c(C)nn(C)c2C)o1. The van der Waals surface area contributed by atoms with Crippen molar-refractivity contribution in [2.24, 2.45) is 7.05 Å². The largest absolute Gasteiger partial charge is 0.460 e. The molecule has 0 saturated carbocycles. The molecule has 0 fully saturated rings. The first-order chi connectivity index (χ1) is 7.63. The van der Waals surface area contributed by atoms with Gasteiger partial charge in [-0.05, 0) is 33.0 Å². The molecule has 2 aromatic rings. The van der Waals surface area contributed by atoms with Crippen LogP contribution in [0.15, 0.2) is 16.5 Å². The summed E-state index contributed by atoms with van der Waals surface area (Å²) in [7, 11) is 3.85. The number of nitrogens with one attached hydrogen (secondary N) is 1. The fourth-order valence-corrected chi connectivity index (χ4v) is 1.91. The van der Waals surface area contributed by atoms with E-state index in [0.717, 1.165) is 35.0 Å². The molecular weight excluding hydrogens is 202 g/mol. The maximum absolute atomic E-state index is 5.77. The molecule has 0 atom stereocenters. The average molecular weight is 219 g/mol. The molecule has 0 saturated heterocycles. The monoisotopic (exact) mass is 219 g/mol. The lowest BCUT2D eigenvalue weighted by atomic mass is 10.1. The Hall–Kier alpha value is -1.55. The first-order valence-corrected chi connectivity index (χ1v) is 5.37. The first kappa shape index (κ1) is 11.0. The van der Waals surface area contributed by atoms with Gasteiger partial charge in [0.1, 0.15) is 11.5 Å². The molecule has 0 radical (unpaired) electrons. The summed E-state index contributed by atoms with van der Waals surface area (Å²) in [5, 5.41) is 7.45. The lowest BCUT2D eigenvalue weighted by Gasteiger charge is -1.98. The van der Waals surface area contributed by atoms with E-state index in [1.807, 2.05) is 37.8 Å². The number of aryl methyl sites for hydroxylation is 2. The first-order valence-electron chi connectivity index (χ1n) is 5.37. The number of aromatic nitrogens is 2. The van der Waals surface area contributed by atoms with Crippen molar-refractivity contribution in [2.75, 3.05) is 7.05 Å². The van der Waals surface area contributed by atoms with Gasteiger partial charge in [0.05, 0.1) is 17.8 Å². The van der Waals surface area contributed by atoms with Gasteiger partial charge in [-0.3, -0.25) is 4.68 Å². The summed E-state index contributed by atoms with van der Waals surface area (Å²) >= 11 is 0. The molecule has 2 rings (SSSR count). The van der Waals surface area contributed by atoms with E-state index in [9.17, 15) is 0 Å². The second-order valence-corrected chi connectivity index (χ2v) is 3.97. The number of hydrogen-bond acceptors (Lipinski definition) is 3. The minimum absolute atomic E-state index is 0.748. The minimum Gasteiger partial charge on any atom is -0.460 e. The van der Waals surface area contributed by atoms with Crippen LogP contribution in [0.2, 0.25) is 0 Å². The zero-order chi connectivity index (χ0) is 11.7. The highest BCUT2D eigenvalue weighted by molar-refractivity contribution is 5.63. The second-order valence-electron chi connectivity index (χ2n) is 3.97. The van der Waals surface area contributed by atoms with Crippen molar-refractivity contribution < 1.29 is 4.42 Å². The van der Waals surface area contributed by atoms with Crippen LogP contribution < -0.4 is 5.32 Å². The molecule has 0 aliphatic heterocycles. The quantitative estimate of drug-likeness (QED) is 0.858. The van der Waals surface area contributed by atoms with E-state index in [2.05, 4.69) is 17.3 Å². The summed E-state index contributed by atoms with van der Waals surface area (Å²) in [6.45, 7) is 4.80. The Morgan fingerprint density at radius 1 is 1.38 bits per heavy atom. The van der Waals surface area contributed by atoms with E-state index < -0.39 is 0 Å². The molecular formula is C12H17N3O. The van der Waals surface area contributed by atoms with Gasteiger partial charge in [-0.25, -0.2) is 0 Å². The summed E-state index contributed by atoms with van der Waals surface area (Å²) < 4.78 is 7.65. The predicted molar refractivity (Wildman–Crippen MR) is 63.1 cm³/mol. The van der Waals surface area contributed by atoms with Crippen molar-refractivity contribution in [1.82, 2.24) is 15.1 Å². The fourth-order valence-electron chi connectivity index (χ4n) is 1.91. The van der Waals surface area contributed by atoms with Gasteiger partial charge in [-0.2, -0.15) is 5.10 Å². The van der Waals surface area contributed by atoms with Crippen LogP contribution in [0.25, 0.3) is 11.3 Å². The standard InChI is InChI=1S/C12H17N3O/c1-8-12(9(2)15(4)14-8)11-6-5-10(16-11)7-13-3/h5-6,13H,7H2,1-4H3. The smallest absolute Gasteiger partial charge is 0.138 e. The third-order valence-electron chi connectivity index (χ3n) is 2.77. The van der Waals surface area contributed by atoms with Crippen LogP contribution in [0, 0.1) is 13.8 Å². The highest BCUT2D eigenvalue weighted by Gasteiger charge is 2.14. The molecule has 0 amide bonds. The molecule has 16 heavy (non-hydrogen) atoms. The van der Waals surface area contributed by atoms with Gasteiger partial charge in [0.15, 0.2) is 0 Å². The third kappa shape index (κ3) is 1.76. The molecule has 0 bridgehead atoms. The molecule has 0 aliphatic carbocycles. The van der Waals surface area contributed by atoms with E-state index in [1.165, 1.54) is 0 Å². The highest BCUT2D eigenvalue weighted by Crippen LogP contribution is 2.28. The van der Waals surface area contributed by atoms with Crippen molar-refractivity contribution >= 4 is 0 Å². The van der Waals surface area contributed by atoms with Gasteiger partial charge >= 0.3 is 0 Å². The zero-order valence-electron chi connectivity index (χ0n) is 10.2. The van der Waals surface area contributed by atoms with Crippen LogP contribution in [-0.4, -0.2) is 16.8 Å². The van der Waals surface area contributed by atoms with Crippen molar-refractivity contribution in [3.05, 3.63) is 29.3 Å². The van der Waals surface area contributed by atoms with Gasteiger partial charge in [-0.1, -0.05) is 0 Å². The molecule has 0 unspecified atom stereocenters. The van der Waals surface area contributed by atoms with E-state index in [4.69, 9.17) is 4.42 Å². The number of nitrogens with zero attached hydrogens (tertiary/aromatic N) is 2. The van der Waals surface area contributed by atoms with Crippen LogP contribution in [-0.2, 0) is 13.6 Å². The highest BCUT2D eigenvalue weighted by atomic mass is 16.3. The van der Waals surface area contributed by atoms with Crippen LogP contribution >= 0.6 is 0 Å². The average Bonchev–Trinajstić information content (AvgIpc) is 2.75. The van der Waals surface area contributed by atoms with Gasteiger partial charge in [-0.15, -0.1) is 0 Å².